The Bertz CT molecular complexity index is 746. The number of carbonyl (C=O) groups excluding carboxylic acids is 1. The van der Waals surface area contributed by atoms with Gasteiger partial charge in [-0.05, 0) is 60.5 Å². The number of ether oxygens (including phenoxy) is 2. The average Bonchev–Trinajstić information content (AvgIpc) is 2.97. The van der Waals surface area contributed by atoms with Crippen molar-refractivity contribution in [1.82, 2.24) is 4.98 Å². The summed E-state index contributed by atoms with van der Waals surface area (Å²) < 4.78 is 11.4. The highest BCUT2D eigenvalue weighted by Gasteiger charge is 2.08. The maximum Gasteiger partial charge on any atom is 0.311 e. The molecule has 0 atom stereocenters. The fraction of sp³-hybridized carbons (Fsp3) is 0.353. The van der Waals surface area contributed by atoms with Crippen LogP contribution in [0.3, 0.4) is 0 Å². The van der Waals surface area contributed by atoms with E-state index in [4.69, 9.17) is 9.47 Å². The molecule has 134 valence electrons. The fourth-order valence-electron chi connectivity index (χ4n) is 1.91. The van der Waals surface area contributed by atoms with Gasteiger partial charge in [-0.15, -0.1) is 11.3 Å². The van der Waals surface area contributed by atoms with Crippen molar-refractivity contribution >= 4 is 44.6 Å². The van der Waals surface area contributed by atoms with E-state index in [1.807, 2.05) is 37.4 Å². The van der Waals surface area contributed by atoms with E-state index in [9.17, 15) is 4.79 Å². The molecule has 0 saturated heterocycles. The molecule has 0 bridgehead atoms. The number of benzene rings is 1. The number of rotatable bonds is 8. The monoisotopic (exact) mass is 425 g/mol. The van der Waals surface area contributed by atoms with Crippen LogP contribution >= 0.6 is 27.3 Å². The first-order valence-electron chi connectivity index (χ1n) is 7.83. The van der Waals surface area contributed by atoms with Crippen LogP contribution in [-0.4, -0.2) is 29.9 Å². The predicted molar refractivity (Wildman–Crippen MR) is 104 cm³/mol. The Morgan fingerprint density at radius 3 is 2.96 bits per heavy atom. The number of nitrogens with one attached hydrogen (secondary N) is 1. The number of aromatic nitrogens is 1. The van der Waals surface area contributed by atoms with Gasteiger partial charge in [0.25, 0.3) is 0 Å². The second kappa shape index (κ2) is 9.53. The van der Waals surface area contributed by atoms with Gasteiger partial charge >= 0.3 is 5.97 Å². The van der Waals surface area contributed by atoms with Crippen LogP contribution in [0.15, 0.2) is 33.2 Å². The van der Waals surface area contributed by atoms with Gasteiger partial charge in [-0.3, -0.25) is 10.2 Å². The maximum atomic E-state index is 11.4. The summed E-state index contributed by atoms with van der Waals surface area (Å²) in [6.45, 7) is 6.11. The Hall–Kier alpha value is -1.93. The third-order valence-corrected chi connectivity index (χ3v) is 4.29. The molecule has 0 amide bonds. The van der Waals surface area contributed by atoms with E-state index < -0.39 is 0 Å². The molecule has 0 fully saturated rings. The van der Waals surface area contributed by atoms with E-state index in [1.165, 1.54) is 11.3 Å². The Labute approximate surface area is 159 Å². The number of hydrogen-bond donors (Lipinski definition) is 1. The summed E-state index contributed by atoms with van der Waals surface area (Å²) in [7, 11) is 0. The molecule has 1 aromatic carbocycles. The Kier molecular flexibility index (Phi) is 7.39. The number of thiazole rings is 1. The Balaban J connectivity index is 1.91. The molecular weight excluding hydrogens is 406 g/mol. The van der Waals surface area contributed by atoms with Crippen molar-refractivity contribution in [2.24, 2.45) is 5.10 Å². The Morgan fingerprint density at radius 2 is 2.28 bits per heavy atom. The van der Waals surface area contributed by atoms with Crippen molar-refractivity contribution in [2.45, 2.75) is 33.3 Å². The number of esters is 1. The number of hydrogen-bond acceptors (Lipinski definition) is 7. The quantitative estimate of drug-likeness (QED) is 0.388. The molecule has 8 heteroatoms. The fourth-order valence-corrected chi connectivity index (χ4v) is 3.06. The van der Waals surface area contributed by atoms with Gasteiger partial charge in [0, 0.05) is 5.38 Å². The van der Waals surface area contributed by atoms with Gasteiger partial charge in [-0.2, -0.15) is 5.10 Å². The lowest BCUT2D eigenvalue weighted by atomic mass is 10.2. The van der Waals surface area contributed by atoms with E-state index in [1.54, 1.807) is 13.1 Å². The van der Waals surface area contributed by atoms with E-state index in [0.29, 0.717) is 17.4 Å². The maximum absolute atomic E-state index is 11.4. The van der Waals surface area contributed by atoms with Gasteiger partial charge in [0.2, 0.25) is 5.13 Å². The molecule has 0 aliphatic carbocycles. The summed E-state index contributed by atoms with van der Waals surface area (Å²) in [4.78, 5) is 15.7. The third-order valence-electron chi connectivity index (χ3n) is 2.87. The number of carbonyl (C=O) groups is 1. The molecule has 1 heterocycles. The van der Waals surface area contributed by atoms with Crippen LogP contribution in [0.4, 0.5) is 5.13 Å². The zero-order valence-corrected chi connectivity index (χ0v) is 16.7. The number of anilines is 1. The second-order valence-electron chi connectivity index (χ2n) is 5.35. The summed E-state index contributed by atoms with van der Waals surface area (Å²) in [5, 5.41) is 6.60. The van der Waals surface area contributed by atoms with Crippen molar-refractivity contribution in [1.29, 1.82) is 0 Å². The zero-order chi connectivity index (χ0) is 18.2. The minimum absolute atomic E-state index is 0.117. The number of nitrogens with zero attached hydrogens (tertiary/aromatic N) is 2. The lowest BCUT2D eigenvalue weighted by molar-refractivity contribution is -0.142. The van der Waals surface area contributed by atoms with E-state index >= 15 is 0 Å². The van der Waals surface area contributed by atoms with Crippen molar-refractivity contribution in [3.8, 4) is 5.75 Å². The predicted octanol–water partition coefficient (Wildman–Crippen LogP) is 4.24. The molecule has 1 N–H and O–H groups in total. The molecule has 6 nitrogen and oxygen atoms in total. The molecule has 2 aromatic rings. The summed E-state index contributed by atoms with van der Waals surface area (Å²) in [6, 6.07) is 5.74. The van der Waals surface area contributed by atoms with Crippen molar-refractivity contribution in [3.05, 3.63) is 39.3 Å². The van der Waals surface area contributed by atoms with Crippen LogP contribution in [-0.2, 0) is 16.0 Å². The second-order valence-corrected chi connectivity index (χ2v) is 7.06. The van der Waals surface area contributed by atoms with Crippen LogP contribution in [0.5, 0.6) is 5.75 Å². The van der Waals surface area contributed by atoms with Gasteiger partial charge in [-0.1, -0.05) is 0 Å². The summed E-state index contributed by atoms with van der Waals surface area (Å²) >= 11 is 4.87. The summed E-state index contributed by atoms with van der Waals surface area (Å²) in [5.41, 5.74) is 4.44. The van der Waals surface area contributed by atoms with Crippen LogP contribution in [0.2, 0.25) is 0 Å². The molecular formula is C17H20BrN3O3S. The normalized spacial score (nSPS) is 11.1. The van der Waals surface area contributed by atoms with Crippen LogP contribution in [0.1, 0.15) is 32.0 Å². The highest BCUT2D eigenvalue weighted by atomic mass is 79.9. The van der Waals surface area contributed by atoms with Crippen molar-refractivity contribution < 1.29 is 14.3 Å². The number of hydrazone groups is 1. The van der Waals surface area contributed by atoms with Crippen molar-refractivity contribution in [3.63, 3.8) is 0 Å². The molecule has 1 aromatic heterocycles. The molecule has 0 unspecified atom stereocenters. The summed E-state index contributed by atoms with van der Waals surface area (Å²) in [5.74, 6) is 0.514. The smallest absolute Gasteiger partial charge is 0.311 e. The van der Waals surface area contributed by atoms with Crippen LogP contribution in [0, 0.1) is 0 Å². The molecule has 0 aliphatic rings. The SMILES string of the molecule is CCOC(=O)Cc1csc(NN=Cc2ccc(OC(C)C)c(Br)c2)n1. The highest BCUT2D eigenvalue weighted by Crippen LogP contribution is 2.26. The molecule has 25 heavy (non-hydrogen) atoms. The van der Waals surface area contributed by atoms with Gasteiger partial charge in [0.05, 0.1) is 35.5 Å². The highest BCUT2D eigenvalue weighted by molar-refractivity contribution is 9.10. The van der Waals surface area contributed by atoms with Crippen LogP contribution in [0.25, 0.3) is 0 Å². The van der Waals surface area contributed by atoms with Crippen LogP contribution < -0.4 is 10.2 Å². The Morgan fingerprint density at radius 1 is 1.48 bits per heavy atom. The molecule has 0 radical (unpaired) electrons. The topological polar surface area (TPSA) is 72.8 Å². The lowest BCUT2D eigenvalue weighted by Gasteiger charge is -2.11. The first kappa shape index (κ1) is 19.4. The molecule has 0 saturated carbocycles. The minimum atomic E-state index is -0.281. The largest absolute Gasteiger partial charge is 0.490 e. The molecule has 0 spiro atoms. The first-order valence-corrected chi connectivity index (χ1v) is 9.50. The molecule has 2 rings (SSSR count). The standard InChI is InChI=1S/C17H20BrN3O3S/c1-4-23-16(22)8-13-10-25-17(20-13)21-19-9-12-5-6-15(14(18)7-12)24-11(2)3/h5-7,9-11H,4,8H2,1-3H3,(H,20,21). The van der Waals surface area contributed by atoms with Gasteiger partial charge in [0.15, 0.2) is 0 Å². The number of halogens is 1. The van der Waals surface area contributed by atoms with E-state index in [-0.39, 0.29) is 18.5 Å². The van der Waals surface area contributed by atoms with Crippen molar-refractivity contribution in [2.75, 3.05) is 12.0 Å². The van der Waals surface area contributed by atoms with Gasteiger partial charge in [0.1, 0.15) is 5.75 Å². The minimum Gasteiger partial charge on any atom is -0.490 e. The average molecular weight is 426 g/mol. The van der Waals surface area contributed by atoms with Gasteiger partial charge < -0.3 is 9.47 Å². The van der Waals surface area contributed by atoms with E-state index in [0.717, 1.165) is 15.8 Å². The third kappa shape index (κ3) is 6.47. The zero-order valence-electron chi connectivity index (χ0n) is 14.3. The lowest BCUT2D eigenvalue weighted by Crippen LogP contribution is -2.07. The first-order chi connectivity index (χ1) is 12.0. The van der Waals surface area contributed by atoms with E-state index in [2.05, 4.69) is 31.4 Å². The molecule has 0 aliphatic heterocycles. The van der Waals surface area contributed by atoms with Gasteiger partial charge in [-0.25, -0.2) is 4.98 Å². The summed E-state index contributed by atoms with van der Waals surface area (Å²) in [6.07, 6.45) is 1.97.